The number of rotatable bonds is 4. The molecule has 0 N–H and O–H groups in total. The lowest BCUT2D eigenvalue weighted by Gasteiger charge is -2.35. The lowest BCUT2D eigenvalue weighted by Crippen LogP contribution is -2.45. The minimum Gasteiger partial charge on any atom is -0.303 e. The summed E-state index contributed by atoms with van der Waals surface area (Å²) < 4.78 is 26.9. The van der Waals surface area contributed by atoms with E-state index in [-0.39, 0.29) is 16.0 Å². The molecule has 1 saturated heterocycles. The number of halogens is 2. The second-order valence-corrected chi connectivity index (χ2v) is 8.07. The van der Waals surface area contributed by atoms with Gasteiger partial charge in [-0.25, -0.2) is 8.42 Å². The molecule has 1 aromatic carbocycles. The average Bonchev–Trinajstić information content (AvgIpc) is 2.49. The molecule has 1 fully saturated rings. The summed E-state index contributed by atoms with van der Waals surface area (Å²) in [7, 11) is -1.99. The maximum Gasteiger partial charge on any atom is 0.244 e. The number of nitrogens with zero attached hydrogens (tertiary/aromatic N) is 2. The molecule has 118 valence electrons. The quantitative estimate of drug-likeness (QED) is 0.837. The summed E-state index contributed by atoms with van der Waals surface area (Å²) in [4.78, 5) is 2.40. The van der Waals surface area contributed by atoms with E-state index in [1.54, 1.807) is 13.1 Å². The molecule has 0 bridgehead atoms. The van der Waals surface area contributed by atoms with E-state index in [0.717, 1.165) is 32.5 Å². The Kier molecular flexibility index (Phi) is 5.54. The molecule has 0 radical (unpaired) electrons. The Balaban J connectivity index is 2.21. The molecule has 0 aliphatic carbocycles. The Hall–Kier alpha value is -0.330. The zero-order valence-electron chi connectivity index (χ0n) is 12.2. The molecule has 7 heteroatoms. The molecule has 1 aromatic rings. The largest absolute Gasteiger partial charge is 0.303 e. The standard InChI is InChI=1S/C14H20Cl2N2O2S/c1-3-18-8-6-12(7-9-18)17(2)21(19,20)14-10-11(15)4-5-13(14)16/h4-5,10,12H,3,6-9H2,1-2H3. The second kappa shape index (κ2) is 6.84. The van der Waals surface area contributed by atoms with E-state index in [4.69, 9.17) is 23.2 Å². The molecule has 0 spiro atoms. The van der Waals surface area contributed by atoms with Crippen LogP contribution in [-0.2, 0) is 10.0 Å². The highest BCUT2D eigenvalue weighted by Crippen LogP contribution is 2.29. The van der Waals surface area contributed by atoms with Crippen molar-refractivity contribution in [3.8, 4) is 0 Å². The smallest absolute Gasteiger partial charge is 0.244 e. The maximum atomic E-state index is 12.7. The fraction of sp³-hybridized carbons (Fsp3) is 0.571. The van der Waals surface area contributed by atoms with E-state index in [0.29, 0.717) is 5.02 Å². The second-order valence-electron chi connectivity index (χ2n) is 5.26. The van der Waals surface area contributed by atoms with Crippen molar-refractivity contribution in [2.24, 2.45) is 0 Å². The van der Waals surface area contributed by atoms with Gasteiger partial charge in [-0.05, 0) is 50.7 Å². The number of likely N-dealkylation sites (tertiary alicyclic amines) is 1. The molecule has 0 unspecified atom stereocenters. The summed E-state index contributed by atoms with van der Waals surface area (Å²) in [5.74, 6) is 0. The predicted octanol–water partition coefficient (Wildman–Crippen LogP) is 3.10. The highest BCUT2D eigenvalue weighted by atomic mass is 35.5. The fourth-order valence-electron chi connectivity index (χ4n) is 2.63. The van der Waals surface area contributed by atoms with Gasteiger partial charge in [0.2, 0.25) is 10.0 Å². The molecule has 1 heterocycles. The first-order valence-electron chi connectivity index (χ1n) is 7.01. The van der Waals surface area contributed by atoms with Crippen molar-refractivity contribution in [2.75, 3.05) is 26.7 Å². The maximum absolute atomic E-state index is 12.7. The summed E-state index contributed by atoms with van der Waals surface area (Å²) in [6.07, 6.45) is 1.67. The van der Waals surface area contributed by atoms with E-state index >= 15 is 0 Å². The predicted molar refractivity (Wildman–Crippen MR) is 86.5 cm³/mol. The molecule has 0 amide bonds. The van der Waals surface area contributed by atoms with Gasteiger partial charge in [-0.3, -0.25) is 0 Å². The summed E-state index contributed by atoms with van der Waals surface area (Å²) in [5, 5.41) is 0.574. The van der Waals surface area contributed by atoms with Gasteiger partial charge in [0.1, 0.15) is 4.90 Å². The summed E-state index contributed by atoms with van der Waals surface area (Å²) in [6, 6.07) is 4.52. The Bertz CT molecular complexity index is 599. The van der Waals surface area contributed by atoms with Gasteiger partial charge in [-0.2, -0.15) is 4.31 Å². The molecule has 1 aliphatic heterocycles. The highest BCUT2D eigenvalue weighted by molar-refractivity contribution is 7.89. The summed E-state index contributed by atoms with van der Waals surface area (Å²) >= 11 is 11.9. The van der Waals surface area contributed by atoms with Crippen LogP contribution in [0.3, 0.4) is 0 Å². The van der Waals surface area contributed by atoms with E-state index in [2.05, 4.69) is 11.8 Å². The zero-order valence-corrected chi connectivity index (χ0v) is 14.5. The van der Waals surface area contributed by atoms with Crippen molar-refractivity contribution in [1.82, 2.24) is 9.21 Å². The van der Waals surface area contributed by atoms with E-state index in [1.165, 1.54) is 16.4 Å². The third-order valence-electron chi connectivity index (χ3n) is 4.07. The minimum absolute atomic E-state index is 0.00727. The van der Waals surface area contributed by atoms with E-state index in [9.17, 15) is 8.42 Å². The molecule has 0 aromatic heterocycles. The van der Waals surface area contributed by atoms with Gasteiger partial charge in [0, 0.05) is 18.1 Å². The molecule has 0 saturated carbocycles. The monoisotopic (exact) mass is 350 g/mol. The minimum atomic E-state index is -3.62. The molecule has 2 rings (SSSR count). The molecule has 4 nitrogen and oxygen atoms in total. The van der Waals surface area contributed by atoms with Crippen molar-refractivity contribution in [1.29, 1.82) is 0 Å². The Morgan fingerprint density at radius 1 is 1.29 bits per heavy atom. The number of piperidine rings is 1. The summed E-state index contributed by atoms with van der Waals surface area (Å²) in [6.45, 7) is 4.96. The number of hydrogen-bond acceptors (Lipinski definition) is 3. The van der Waals surface area contributed by atoms with Gasteiger partial charge in [0.15, 0.2) is 0 Å². The Morgan fingerprint density at radius 2 is 1.90 bits per heavy atom. The highest BCUT2D eigenvalue weighted by Gasteiger charge is 2.31. The van der Waals surface area contributed by atoms with Crippen LogP contribution >= 0.6 is 23.2 Å². The van der Waals surface area contributed by atoms with Crippen molar-refractivity contribution in [2.45, 2.75) is 30.7 Å². The van der Waals surface area contributed by atoms with Crippen molar-refractivity contribution >= 4 is 33.2 Å². The van der Waals surface area contributed by atoms with Crippen LogP contribution in [0.2, 0.25) is 10.0 Å². The zero-order chi connectivity index (χ0) is 15.6. The number of sulfonamides is 1. The van der Waals surface area contributed by atoms with Gasteiger partial charge in [-0.15, -0.1) is 0 Å². The first-order valence-corrected chi connectivity index (χ1v) is 9.21. The van der Waals surface area contributed by atoms with Crippen molar-refractivity contribution in [3.05, 3.63) is 28.2 Å². The average molecular weight is 351 g/mol. The third kappa shape index (κ3) is 3.71. The summed E-state index contributed by atoms with van der Waals surface area (Å²) in [5.41, 5.74) is 0. The van der Waals surface area contributed by atoms with Gasteiger partial charge < -0.3 is 4.90 Å². The van der Waals surface area contributed by atoms with Gasteiger partial charge >= 0.3 is 0 Å². The van der Waals surface area contributed by atoms with Crippen LogP contribution in [0.25, 0.3) is 0 Å². The SMILES string of the molecule is CCN1CCC(N(C)S(=O)(=O)c2cc(Cl)ccc2Cl)CC1. The first kappa shape index (κ1) is 17.0. The Labute approximate surface area is 136 Å². The van der Waals surface area contributed by atoms with Crippen LogP contribution in [0, 0.1) is 0 Å². The lowest BCUT2D eigenvalue weighted by atomic mass is 10.1. The first-order chi connectivity index (χ1) is 9.86. The molecular formula is C14H20Cl2N2O2S. The lowest BCUT2D eigenvalue weighted by molar-refractivity contribution is 0.176. The molecule has 1 aliphatic rings. The van der Waals surface area contributed by atoms with Gasteiger partial charge in [0.05, 0.1) is 5.02 Å². The van der Waals surface area contributed by atoms with E-state index in [1.807, 2.05) is 0 Å². The van der Waals surface area contributed by atoms with Crippen molar-refractivity contribution < 1.29 is 8.42 Å². The van der Waals surface area contributed by atoms with Crippen LogP contribution in [-0.4, -0.2) is 50.3 Å². The number of benzene rings is 1. The van der Waals surface area contributed by atoms with Crippen LogP contribution in [0.4, 0.5) is 0 Å². The van der Waals surface area contributed by atoms with Crippen LogP contribution < -0.4 is 0 Å². The molecule has 21 heavy (non-hydrogen) atoms. The Morgan fingerprint density at radius 3 is 2.48 bits per heavy atom. The number of hydrogen-bond donors (Lipinski definition) is 0. The van der Waals surface area contributed by atoms with Crippen LogP contribution in [0.5, 0.6) is 0 Å². The normalized spacial score (nSPS) is 18.3. The third-order valence-corrected chi connectivity index (χ3v) is 6.70. The van der Waals surface area contributed by atoms with Gasteiger partial charge in [0.25, 0.3) is 0 Å². The molecule has 0 atom stereocenters. The van der Waals surface area contributed by atoms with E-state index < -0.39 is 10.0 Å². The van der Waals surface area contributed by atoms with Crippen molar-refractivity contribution in [3.63, 3.8) is 0 Å². The van der Waals surface area contributed by atoms with Crippen LogP contribution in [0.15, 0.2) is 23.1 Å². The fourth-order valence-corrected chi connectivity index (χ4v) is 4.78. The van der Waals surface area contributed by atoms with Crippen LogP contribution in [0.1, 0.15) is 19.8 Å². The van der Waals surface area contributed by atoms with Gasteiger partial charge in [-0.1, -0.05) is 30.1 Å². The topological polar surface area (TPSA) is 40.6 Å². The molecular weight excluding hydrogens is 331 g/mol.